The van der Waals surface area contributed by atoms with Gasteiger partial charge < -0.3 is 4.74 Å². The van der Waals surface area contributed by atoms with Gasteiger partial charge in [0.15, 0.2) is 0 Å². The zero-order valence-electron chi connectivity index (χ0n) is 10.4. The van der Waals surface area contributed by atoms with Crippen LogP contribution in [-0.4, -0.2) is 12.6 Å². The number of hydrogen-bond donors (Lipinski definition) is 0. The largest absolute Gasteiger partial charge is 0.458 e. The Kier molecular flexibility index (Phi) is 5.14. The quantitative estimate of drug-likeness (QED) is 0.606. The van der Waals surface area contributed by atoms with Crippen molar-refractivity contribution in [1.82, 2.24) is 0 Å². The molecule has 0 radical (unpaired) electrons. The predicted molar refractivity (Wildman–Crippen MR) is 79.8 cm³/mol. The van der Waals surface area contributed by atoms with Crippen molar-refractivity contribution in [2.45, 2.75) is 0 Å². The number of carbonyl (C=O) groups excluding carboxylic acids is 1. The minimum atomic E-state index is -0.334. The van der Waals surface area contributed by atoms with Crippen molar-refractivity contribution in [2.75, 3.05) is 6.61 Å². The minimum absolute atomic E-state index is 0.288. The van der Waals surface area contributed by atoms with Crippen LogP contribution in [0.5, 0.6) is 0 Å². The number of rotatable bonds is 5. The molecule has 0 bridgehead atoms. The summed E-state index contributed by atoms with van der Waals surface area (Å²) in [5.41, 5.74) is 0.980. The van der Waals surface area contributed by atoms with Gasteiger partial charge in [0.05, 0.1) is 0 Å². The van der Waals surface area contributed by atoms with Gasteiger partial charge in [-0.2, -0.15) is 0 Å². The van der Waals surface area contributed by atoms with Crippen LogP contribution in [0.15, 0.2) is 60.0 Å². The lowest BCUT2D eigenvalue weighted by Gasteiger charge is -1.96. The Hall–Kier alpha value is -2.13. The number of ether oxygens (including phenoxy) is 1. The van der Waals surface area contributed by atoms with E-state index in [1.807, 2.05) is 60.0 Å². The summed E-state index contributed by atoms with van der Waals surface area (Å²) in [6.07, 6.45) is 6.96. The highest BCUT2D eigenvalue weighted by Crippen LogP contribution is 2.09. The molecule has 1 aromatic heterocycles. The predicted octanol–water partition coefficient (Wildman–Crippen LogP) is 4.02. The van der Waals surface area contributed by atoms with Gasteiger partial charge in [-0.15, -0.1) is 11.3 Å². The van der Waals surface area contributed by atoms with Gasteiger partial charge in [-0.3, -0.25) is 0 Å². The molecule has 2 nitrogen and oxygen atoms in total. The van der Waals surface area contributed by atoms with Gasteiger partial charge in [0.2, 0.25) is 0 Å². The Balaban J connectivity index is 1.74. The molecule has 0 N–H and O–H groups in total. The Morgan fingerprint density at radius 1 is 1.11 bits per heavy atom. The summed E-state index contributed by atoms with van der Waals surface area (Å²) in [5, 5.41) is 2.01. The summed E-state index contributed by atoms with van der Waals surface area (Å²) in [6, 6.07) is 13.6. The number of carbonyl (C=O) groups is 1. The molecule has 2 rings (SSSR count). The van der Waals surface area contributed by atoms with E-state index in [9.17, 15) is 4.79 Å². The third-order valence-electron chi connectivity index (χ3n) is 2.36. The van der Waals surface area contributed by atoms with Crippen LogP contribution in [0.25, 0.3) is 12.2 Å². The molecule has 96 valence electrons. The van der Waals surface area contributed by atoms with E-state index in [-0.39, 0.29) is 12.6 Å². The summed E-state index contributed by atoms with van der Waals surface area (Å²) < 4.78 is 5.05. The second-order valence-corrected chi connectivity index (χ2v) is 4.77. The lowest BCUT2D eigenvalue weighted by atomic mass is 10.2. The molecule has 3 heteroatoms. The zero-order valence-corrected chi connectivity index (χ0v) is 11.2. The Labute approximate surface area is 116 Å². The molecule has 0 unspecified atom stereocenters. The van der Waals surface area contributed by atoms with Gasteiger partial charge in [0.1, 0.15) is 6.61 Å². The van der Waals surface area contributed by atoms with Crippen LogP contribution in [0.4, 0.5) is 0 Å². The normalized spacial score (nSPS) is 11.2. The third kappa shape index (κ3) is 4.94. The van der Waals surface area contributed by atoms with Crippen LogP contribution in [0.2, 0.25) is 0 Å². The van der Waals surface area contributed by atoms with E-state index in [1.54, 1.807) is 17.4 Å². The van der Waals surface area contributed by atoms with Crippen molar-refractivity contribution in [2.24, 2.45) is 0 Å². The maximum Gasteiger partial charge on any atom is 0.331 e. The van der Waals surface area contributed by atoms with Crippen molar-refractivity contribution < 1.29 is 9.53 Å². The van der Waals surface area contributed by atoms with Crippen LogP contribution in [-0.2, 0) is 9.53 Å². The highest BCUT2D eigenvalue weighted by molar-refractivity contribution is 7.10. The molecule has 0 aliphatic rings. The highest BCUT2D eigenvalue weighted by atomic mass is 32.1. The first-order chi connectivity index (χ1) is 9.34. The first-order valence-corrected chi connectivity index (χ1v) is 6.82. The van der Waals surface area contributed by atoms with E-state index in [1.165, 1.54) is 6.08 Å². The van der Waals surface area contributed by atoms with Gasteiger partial charge in [0.25, 0.3) is 0 Å². The van der Waals surface area contributed by atoms with E-state index in [0.717, 1.165) is 10.4 Å². The van der Waals surface area contributed by atoms with Crippen molar-refractivity contribution in [1.29, 1.82) is 0 Å². The summed E-state index contributed by atoms with van der Waals surface area (Å²) in [4.78, 5) is 12.6. The van der Waals surface area contributed by atoms with E-state index >= 15 is 0 Å². The average Bonchev–Trinajstić information content (AvgIpc) is 2.96. The van der Waals surface area contributed by atoms with E-state index in [4.69, 9.17) is 4.74 Å². The van der Waals surface area contributed by atoms with Crippen molar-refractivity contribution in [3.05, 3.63) is 70.4 Å². The highest BCUT2D eigenvalue weighted by Gasteiger charge is 1.94. The lowest BCUT2D eigenvalue weighted by molar-refractivity contribution is -0.136. The number of thiophene rings is 1. The first kappa shape index (κ1) is 13.3. The monoisotopic (exact) mass is 270 g/mol. The average molecular weight is 270 g/mol. The summed E-state index contributed by atoms with van der Waals surface area (Å²) in [6.45, 7) is 0.288. The molecular weight excluding hydrogens is 256 g/mol. The molecule has 1 aromatic carbocycles. The van der Waals surface area contributed by atoms with Gasteiger partial charge in [0, 0.05) is 11.0 Å². The van der Waals surface area contributed by atoms with Crippen LogP contribution < -0.4 is 0 Å². The maximum absolute atomic E-state index is 11.4. The summed E-state index contributed by atoms with van der Waals surface area (Å²) in [5.74, 6) is -0.334. The van der Waals surface area contributed by atoms with Gasteiger partial charge in [-0.1, -0.05) is 36.4 Å². The zero-order chi connectivity index (χ0) is 13.3. The number of esters is 1. The molecule has 2 aromatic rings. The fourth-order valence-corrected chi connectivity index (χ4v) is 2.10. The molecule has 0 atom stereocenters. The SMILES string of the molecule is O=C(/C=C/c1ccccc1)OC/C=C/c1cccs1. The Morgan fingerprint density at radius 2 is 1.95 bits per heavy atom. The molecule has 0 spiro atoms. The van der Waals surface area contributed by atoms with Crippen LogP contribution >= 0.6 is 11.3 Å². The third-order valence-corrected chi connectivity index (χ3v) is 3.20. The second-order valence-electron chi connectivity index (χ2n) is 3.79. The van der Waals surface area contributed by atoms with Gasteiger partial charge in [-0.05, 0) is 35.2 Å². The van der Waals surface area contributed by atoms with Crippen LogP contribution in [0.3, 0.4) is 0 Å². The number of benzene rings is 1. The smallest absolute Gasteiger partial charge is 0.331 e. The van der Waals surface area contributed by atoms with Crippen LogP contribution in [0.1, 0.15) is 10.4 Å². The molecule has 0 saturated carbocycles. The summed E-state index contributed by atoms with van der Waals surface area (Å²) in [7, 11) is 0. The van der Waals surface area contributed by atoms with E-state index in [2.05, 4.69) is 0 Å². The molecule has 19 heavy (non-hydrogen) atoms. The van der Waals surface area contributed by atoms with Crippen molar-refractivity contribution >= 4 is 29.5 Å². The number of hydrogen-bond acceptors (Lipinski definition) is 3. The summed E-state index contributed by atoms with van der Waals surface area (Å²) >= 11 is 1.65. The first-order valence-electron chi connectivity index (χ1n) is 5.94. The van der Waals surface area contributed by atoms with Gasteiger partial charge in [-0.25, -0.2) is 4.79 Å². The minimum Gasteiger partial charge on any atom is -0.458 e. The Bertz CT molecular complexity index is 554. The Morgan fingerprint density at radius 3 is 2.68 bits per heavy atom. The maximum atomic E-state index is 11.4. The molecule has 0 aliphatic heterocycles. The molecular formula is C16H14O2S. The standard InChI is InChI=1S/C16H14O2S/c17-16(11-10-14-6-2-1-3-7-14)18-12-4-8-15-9-5-13-19-15/h1-11,13H,12H2/b8-4+,11-10+. The molecule has 1 heterocycles. The molecule has 0 saturated heterocycles. The fourth-order valence-electron chi connectivity index (χ4n) is 1.46. The van der Waals surface area contributed by atoms with Gasteiger partial charge >= 0.3 is 5.97 Å². The van der Waals surface area contributed by atoms with Crippen molar-refractivity contribution in [3.8, 4) is 0 Å². The van der Waals surface area contributed by atoms with E-state index in [0.29, 0.717) is 0 Å². The molecule has 0 fully saturated rings. The lowest BCUT2D eigenvalue weighted by Crippen LogP contribution is -1.99. The van der Waals surface area contributed by atoms with E-state index < -0.39 is 0 Å². The fraction of sp³-hybridized carbons (Fsp3) is 0.0625. The topological polar surface area (TPSA) is 26.3 Å². The van der Waals surface area contributed by atoms with Crippen molar-refractivity contribution in [3.63, 3.8) is 0 Å². The molecule has 0 aliphatic carbocycles. The molecule has 0 amide bonds. The second kappa shape index (κ2) is 7.34. The van der Waals surface area contributed by atoms with Crippen LogP contribution in [0, 0.1) is 0 Å².